The van der Waals surface area contributed by atoms with Crippen LogP contribution in [0.15, 0.2) is 47.6 Å². The quantitative estimate of drug-likeness (QED) is 0.509. The van der Waals surface area contributed by atoms with E-state index in [9.17, 15) is 10.2 Å². The molecule has 6 nitrogen and oxygen atoms in total. The minimum Gasteiger partial charge on any atom is -0.508 e. The summed E-state index contributed by atoms with van der Waals surface area (Å²) < 4.78 is 1.82. The Kier molecular flexibility index (Phi) is 3.94. The van der Waals surface area contributed by atoms with Crippen LogP contribution in [0.25, 0.3) is 11.4 Å². The van der Waals surface area contributed by atoms with Gasteiger partial charge in [-0.3, -0.25) is 0 Å². The van der Waals surface area contributed by atoms with Crippen LogP contribution in [-0.2, 0) is 0 Å². The zero-order chi connectivity index (χ0) is 16.4. The summed E-state index contributed by atoms with van der Waals surface area (Å²) in [6, 6.07) is 12.1. The van der Waals surface area contributed by atoms with Crippen molar-refractivity contribution in [2.75, 3.05) is 0 Å². The molecule has 0 radical (unpaired) electrons. The lowest BCUT2D eigenvalue weighted by Crippen LogP contribution is -1.95. The van der Waals surface area contributed by atoms with Crippen LogP contribution in [0, 0.1) is 11.7 Å². The Morgan fingerprint density at radius 1 is 1.17 bits per heavy atom. The first-order chi connectivity index (χ1) is 11.0. The molecule has 3 aromatic rings. The molecule has 0 spiro atoms. The van der Waals surface area contributed by atoms with Crippen LogP contribution < -0.4 is 0 Å². The SMILES string of the molecule is Cc1ccc(-c2n[nH]c(=S)n2/N=C/c2ccc(O)cc2O)cc1. The number of hydrogen-bond acceptors (Lipinski definition) is 5. The maximum Gasteiger partial charge on any atom is 0.216 e. The summed E-state index contributed by atoms with van der Waals surface area (Å²) >= 11 is 5.20. The first-order valence-corrected chi connectivity index (χ1v) is 7.26. The van der Waals surface area contributed by atoms with Crippen LogP contribution >= 0.6 is 12.2 Å². The maximum absolute atomic E-state index is 9.80. The van der Waals surface area contributed by atoms with Crippen LogP contribution in [0.2, 0.25) is 0 Å². The second-order valence-electron chi connectivity index (χ2n) is 5.02. The molecule has 1 aromatic heterocycles. The molecule has 7 heteroatoms. The monoisotopic (exact) mass is 326 g/mol. The normalized spacial score (nSPS) is 11.2. The fraction of sp³-hybridized carbons (Fsp3) is 0.0625. The van der Waals surface area contributed by atoms with Crippen molar-refractivity contribution in [3.8, 4) is 22.9 Å². The van der Waals surface area contributed by atoms with Gasteiger partial charge in [0.05, 0.1) is 6.21 Å². The van der Waals surface area contributed by atoms with Gasteiger partial charge >= 0.3 is 0 Å². The zero-order valence-electron chi connectivity index (χ0n) is 12.3. The molecule has 116 valence electrons. The Balaban J connectivity index is 2.00. The van der Waals surface area contributed by atoms with Crippen LogP contribution in [0.5, 0.6) is 11.5 Å². The van der Waals surface area contributed by atoms with Crippen LogP contribution in [0.1, 0.15) is 11.1 Å². The molecular formula is C16H14N4O2S. The molecule has 0 saturated heterocycles. The van der Waals surface area contributed by atoms with Crippen molar-refractivity contribution >= 4 is 18.4 Å². The summed E-state index contributed by atoms with van der Waals surface area (Å²) in [4.78, 5) is 0. The molecule has 0 unspecified atom stereocenters. The Labute approximate surface area is 137 Å². The molecule has 23 heavy (non-hydrogen) atoms. The highest BCUT2D eigenvalue weighted by Gasteiger charge is 2.08. The number of rotatable bonds is 3. The number of nitrogens with one attached hydrogen (secondary N) is 1. The summed E-state index contributed by atoms with van der Waals surface area (Å²) in [5.41, 5.74) is 2.47. The van der Waals surface area contributed by atoms with Crippen molar-refractivity contribution < 1.29 is 10.2 Å². The van der Waals surface area contributed by atoms with Gasteiger partial charge in [0.15, 0.2) is 5.82 Å². The van der Waals surface area contributed by atoms with Gasteiger partial charge in [0.1, 0.15) is 11.5 Å². The number of nitrogens with zero attached hydrogens (tertiary/aromatic N) is 3. The summed E-state index contributed by atoms with van der Waals surface area (Å²) in [6.07, 6.45) is 1.46. The lowest BCUT2D eigenvalue weighted by Gasteiger charge is -2.02. The first kappa shape index (κ1) is 15.0. The van der Waals surface area contributed by atoms with Gasteiger partial charge in [-0.1, -0.05) is 29.8 Å². The highest BCUT2D eigenvalue weighted by molar-refractivity contribution is 7.71. The topological polar surface area (TPSA) is 86.4 Å². The van der Waals surface area contributed by atoms with E-state index in [1.54, 1.807) is 6.07 Å². The molecule has 0 bridgehead atoms. The van der Waals surface area contributed by atoms with E-state index < -0.39 is 0 Å². The molecule has 3 rings (SSSR count). The molecule has 0 saturated carbocycles. The molecular weight excluding hydrogens is 312 g/mol. The number of hydrogen-bond donors (Lipinski definition) is 3. The van der Waals surface area contributed by atoms with Crippen LogP contribution in [0.4, 0.5) is 0 Å². The Bertz CT molecular complexity index is 926. The Morgan fingerprint density at radius 2 is 1.91 bits per heavy atom. The molecule has 1 heterocycles. The van der Waals surface area contributed by atoms with Crippen molar-refractivity contribution in [3.05, 3.63) is 58.4 Å². The molecule has 0 aliphatic carbocycles. The minimum atomic E-state index is -0.0688. The summed E-state index contributed by atoms with van der Waals surface area (Å²) in [5.74, 6) is 0.491. The maximum atomic E-state index is 9.80. The molecule has 0 aliphatic rings. The van der Waals surface area contributed by atoms with E-state index >= 15 is 0 Å². The third-order valence-electron chi connectivity index (χ3n) is 3.29. The minimum absolute atomic E-state index is 0.0140. The summed E-state index contributed by atoms with van der Waals surface area (Å²) in [6.45, 7) is 2.01. The number of aromatic hydroxyl groups is 2. The molecule has 0 atom stereocenters. The average Bonchev–Trinajstić information content (AvgIpc) is 2.88. The van der Waals surface area contributed by atoms with E-state index in [2.05, 4.69) is 15.3 Å². The number of phenols is 2. The summed E-state index contributed by atoms with van der Waals surface area (Å²) in [7, 11) is 0. The van der Waals surface area contributed by atoms with E-state index in [1.165, 1.54) is 23.0 Å². The number of H-pyrrole nitrogens is 1. The van der Waals surface area contributed by atoms with Crippen molar-refractivity contribution in [2.45, 2.75) is 6.92 Å². The Morgan fingerprint density at radius 3 is 2.61 bits per heavy atom. The molecule has 2 aromatic carbocycles. The van der Waals surface area contributed by atoms with Gasteiger partial charge in [-0.25, -0.2) is 5.10 Å². The largest absolute Gasteiger partial charge is 0.508 e. The van der Waals surface area contributed by atoms with E-state index in [1.807, 2.05) is 31.2 Å². The van der Waals surface area contributed by atoms with E-state index in [-0.39, 0.29) is 11.5 Å². The highest BCUT2D eigenvalue weighted by Crippen LogP contribution is 2.22. The van der Waals surface area contributed by atoms with E-state index in [0.29, 0.717) is 16.2 Å². The van der Waals surface area contributed by atoms with Gasteiger partial charge in [0.25, 0.3) is 0 Å². The van der Waals surface area contributed by atoms with E-state index in [0.717, 1.165) is 11.1 Å². The van der Waals surface area contributed by atoms with Crippen LogP contribution in [-0.4, -0.2) is 31.3 Å². The van der Waals surface area contributed by atoms with Gasteiger partial charge < -0.3 is 10.2 Å². The van der Waals surface area contributed by atoms with Gasteiger partial charge in [0.2, 0.25) is 4.77 Å². The van der Waals surface area contributed by atoms with Gasteiger partial charge in [-0.05, 0) is 31.3 Å². The molecule has 3 N–H and O–H groups in total. The van der Waals surface area contributed by atoms with Crippen molar-refractivity contribution in [3.63, 3.8) is 0 Å². The van der Waals surface area contributed by atoms with Gasteiger partial charge in [0, 0.05) is 17.2 Å². The molecule has 0 aliphatic heterocycles. The van der Waals surface area contributed by atoms with Gasteiger partial charge in [-0.15, -0.1) is 0 Å². The first-order valence-electron chi connectivity index (χ1n) is 6.85. The Hall–Kier alpha value is -2.93. The number of benzene rings is 2. The smallest absolute Gasteiger partial charge is 0.216 e. The van der Waals surface area contributed by atoms with Crippen molar-refractivity contribution in [1.82, 2.24) is 14.9 Å². The highest BCUT2D eigenvalue weighted by atomic mass is 32.1. The number of aryl methyl sites for hydroxylation is 1. The van der Waals surface area contributed by atoms with Crippen molar-refractivity contribution in [1.29, 1.82) is 0 Å². The molecule has 0 fully saturated rings. The van der Waals surface area contributed by atoms with Crippen LogP contribution in [0.3, 0.4) is 0 Å². The number of phenolic OH excluding ortho intramolecular Hbond substituents is 2. The second-order valence-corrected chi connectivity index (χ2v) is 5.40. The van der Waals surface area contributed by atoms with E-state index in [4.69, 9.17) is 12.2 Å². The molecule has 0 amide bonds. The third-order valence-corrected chi connectivity index (χ3v) is 3.55. The predicted octanol–water partition coefficient (Wildman–Crippen LogP) is 3.21. The third kappa shape index (κ3) is 3.14. The lowest BCUT2D eigenvalue weighted by atomic mass is 10.1. The summed E-state index contributed by atoms with van der Waals surface area (Å²) in [5, 5.41) is 30.3. The predicted molar refractivity (Wildman–Crippen MR) is 90.3 cm³/mol. The second kappa shape index (κ2) is 6.05. The standard InChI is InChI=1S/C16H14N4O2S/c1-10-2-4-11(5-3-10)15-18-19-16(23)20(15)17-9-12-6-7-13(21)8-14(12)22/h2-9,21-22H,1H3,(H,19,23)/b17-9+. The zero-order valence-corrected chi connectivity index (χ0v) is 13.1. The lowest BCUT2D eigenvalue weighted by molar-refractivity contribution is 0.450. The fourth-order valence-electron chi connectivity index (χ4n) is 2.05. The number of aromatic amines is 1. The van der Waals surface area contributed by atoms with Crippen molar-refractivity contribution in [2.24, 2.45) is 5.10 Å². The fourth-order valence-corrected chi connectivity index (χ4v) is 2.23. The van der Waals surface area contributed by atoms with Gasteiger partial charge in [-0.2, -0.15) is 14.9 Å². The number of aromatic nitrogens is 3. The average molecular weight is 326 g/mol.